The van der Waals surface area contributed by atoms with Crippen LogP contribution in [0.15, 0.2) is 11.6 Å². The number of hydrogen-bond acceptors (Lipinski definition) is 5. The van der Waals surface area contributed by atoms with E-state index in [1.165, 1.54) is 0 Å². The smallest absolute Gasteiger partial charge is 0.333 e. The Hall–Kier alpha value is -1.89. The Morgan fingerprint density at radius 2 is 1.68 bits per heavy atom. The molecule has 31 heavy (non-hydrogen) atoms. The lowest BCUT2D eigenvalue weighted by atomic mass is 9.96. The molecule has 1 rings (SSSR count). The molecule has 0 aromatic rings. The standard InChI is InChI=1S/C24H43N3O4/c1-15(2)20(14-18(7)24(30)31-17(5)6)27(9)23(29)21(16(3)4)25-22(28)19-12-10-11-13-26(19)8/h14-17,19-21H,10-13H2,1-9H3,(H,25,28)/b18-14+/t19-,20-,21?/m1/s1. The summed E-state index contributed by atoms with van der Waals surface area (Å²) in [6.07, 6.45) is 4.52. The Balaban J connectivity index is 3.01. The Bertz CT molecular complexity index is 657. The first-order valence-corrected chi connectivity index (χ1v) is 11.5. The first-order chi connectivity index (χ1) is 14.4. The van der Waals surface area contributed by atoms with Crippen LogP contribution in [0, 0.1) is 11.8 Å². The molecule has 178 valence electrons. The number of carbonyl (C=O) groups is 3. The van der Waals surface area contributed by atoms with Gasteiger partial charge in [-0.2, -0.15) is 0 Å². The highest BCUT2D eigenvalue weighted by molar-refractivity contribution is 5.91. The number of ether oxygens (including phenoxy) is 1. The molecule has 0 aliphatic carbocycles. The van der Waals surface area contributed by atoms with Crippen LogP contribution in [0.2, 0.25) is 0 Å². The third-order valence-corrected chi connectivity index (χ3v) is 5.87. The molecule has 0 aromatic carbocycles. The molecule has 1 heterocycles. The van der Waals surface area contributed by atoms with Gasteiger partial charge in [0.15, 0.2) is 0 Å². The van der Waals surface area contributed by atoms with Crippen LogP contribution in [0.3, 0.4) is 0 Å². The van der Waals surface area contributed by atoms with Gasteiger partial charge in [0.05, 0.1) is 18.2 Å². The lowest BCUT2D eigenvalue weighted by Gasteiger charge is -2.36. The second-order valence-electron chi connectivity index (χ2n) is 9.71. The van der Waals surface area contributed by atoms with Crippen LogP contribution in [-0.4, -0.2) is 72.5 Å². The third-order valence-electron chi connectivity index (χ3n) is 5.87. The molecule has 1 aliphatic heterocycles. The molecule has 1 N–H and O–H groups in total. The van der Waals surface area contributed by atoms with E-state index < -0.39 is 6.04 Å². The van der Waals surface area contributed by atoms with Gasteiger partial charge in [0.1, 0.15) is 6.04 Å². The lowest BCUT2D eigenvalue weighted by molar-refractivity contribution is -0.143. The molecule has 2 amide bonds. The minimum atomic E-state index is -0.620. The minimum absolute atomic E-state index is 0.0587. The van der Waals surface area contributed by atoms with Crippen molar-refractivity contribution in [1.29, 1.82) is 0 Å². The summed E-state index contributed by atoms with van der Waals surface area (Å²) in [7, 11) is 3.69. The molecule has 3 atom stereocenters. The van der Waals surface area contributed by atoms with Crippen molar-refractivity contribution < 1.29 is 19.1 Å². The van der Waals surface area contributed by atoms with Gasteiger partial charge in [0, 0.05) is 12.6 Å². The van der Waals surface area contributed by atoms with E-state index in [1.807, 2.05) is 34.7 Å². The molecule has 1 aliphatic rings. The fraction of sp³-hybridized carbons (Fsp3) is 0.792. The highest BCUT2D eigenvalue weighted by atomic mass is 16.5. The molecular formula is C24H43N3O4. The molecule has 1 fully saturated rings. The first-order valence-electron chi connectivity index (χ1n) is 11.5. The summed E-state index contributed by atoms with van der Waals surface area (Å²) in [5, 5.41) is 3.01. The Morgan fingerprint density at radius 1 is 1.06 bits per heavy atom. The van der Waals surface area contributed by atoms with E-state index in [4.69, 9.17) is 4.74 Å². The zero-order valence-electron chi connectivity index (χ0n) is 20.9. The van der Waals surface area contributed by atoms with E-state index in [0.29, 0.717) is 5.57 Å². The molecule has 0 radical (unpaired) electrons. The molecule has 0 aromatic heterocycles. The van der Waals surface area contributed by atoms with E-state index in [9.17, 15) is 14.4 Å². The van der Waals surface area contributed by atoms with Gasteiger partial charge in [0.2, 0.25) is 11.8 Å². The molecule has 0 saturated carbocycles. The average Bonchev–Trinajstić information content (AvgIpc) is 2.68. The molecule has 1 unspecified atom stereocenters. The number of hydrogen-bond donors (Lipinski definition) is 1. The van der Waals surface area contributed by atoms with E-state index in [2.05, 4.69) is 10.2 Å². The third kappa shape index (κ3) is 7.95. The monoisotopic (exact) mass is 437 g/mol. The largest absolute Gasteiger partial charge is 0.460 e. The summed E-state index contributed by atoms with van der Waals surface area (Å²) in [6.45, 7) is 14.1. The Morgan fingerprint density at radius 3 is 2.16 bits per heavy atom. The van der Waals surface area contributed by atoms with Gasteiger partial charge in [-0.25, -0.2) is 4.79 Å². The van der Waals surface area contributed by atoms with Crippen LogP contribution in [0.5, 0.6) is 0 Å². The van der Waals surface area contributed by atoms with Gasteiger partial charge in [-0.15, -0.1) is 0 Å². The van der Waals surface area contributed by atoms with Crippen LogP contribution >= 0.6 is 0 Å². The predicted octanol–water partition coefficient (Wildman–Crippen LogP) is 2.99. The van der Waals surface area contributed by atoms with E-state index in [-0.39, 0.29) is 47.8 Å². The minimum Gasteiger partial charge on any atom is -0.460 e. The lowest BCUT2D eigenvalue weighted by Crippen LogP contribution is -2.57. The van der Waals surface area contributed by atoms with Gasteiger partial charge in [-0.1, -0.05) is 40.2 Å². The van der Waals surface area contributed by atoms with Gasteiger partial charge in [-0.05, 0) is 59.0 Å². The zero-order valence-corrected chi connectivity index (χ0v) is 20.9. The van der Waals surface area contributed by atoms with Crippen molar-refractivity contribution in [3.05, 3.63) is 11.6 Å². The van der Waals surface area contributed by atoms with E-state index in [1.54, 1.807) is 38.8 Å². The number of rotatable bonds is 9. The fourth-order valence-electron chi connectivity index (χ4n) is 3.92. The summed E-state index contributed by atoms with van der Waals surface area (Å²) >= 11 is 0. The number of nitrogens with zero attached hydrogens (tertiary/aromatic N) is 2. The number of piperidine rings is 1. The highest BCUT2D eigenvalue weighted by Crippen LogP contribution is 2.19. The Kier molecular flexibility index (Phi) is 10.7. The second kappa shape index (κ2) is 12.2. The highest BCUT2D eigenvalue weighted by Gasteiger charge is 2.34. The van der Waals surface area contributed by atoms with Crippen molar-refractivity contribution in [1.82, 2.24) is 15.1 Å². The summed E-state index contributed by atoms with van der Waals surface area (Å²) in [5.74, 6) is -0.589. The fourth-order valence-corrected chi connectivity index (χ4v) is 3.92. The zero-order chi connectivity index (χ0) is 23.9. The predicted molar refractivity (Wildman–Crippen MR) is 123 cm³/mol. The second-order valence-corrected chi connectivity index (χ2v) is 9.71. The first kappa shape index (κ1) is 27.1. The Labute approximate surface area is 188 Å². The molecule has 0 bridgehead atoms. The van der Waals surface area contributed by atoms with E-state index >= 15 is 0 Å². The van der Waals surface area contributed by atoms with Gasteiger partial charge < -0.3 is 15.0 Å². The van der Waals surface area contributed by atoms with Crippen LogP contribution in [-0.2, 0) is 19.1 Å². The molecular weight excluding hydrogens is 394 g/mol. The summed E-state index contributed by atoms with van der Waals surface area (Å²) in [6, 6.07) is -1.10. The number of esters is 1. The number of nitrogens with one attached hydrogen (secondary N) is 1. The maximum Gasteiger partial charge on any atom is 0.333 e. The van der Waals surface area contributed by atoms with Crippen LogP contribution in [0.1, 0.15) is 67.7 Å². The maximum atomic E-state index is 13.4. The van der Waals surface area contributed by atoms with Gasteiger partial charge in [0.25, 0.3) is 0 Å². The molecule has 7 nitrogen and oxygen atoms in total. The van der Waals surface area contributed by atoms with Crippen molar-refractivity contribution in [2.75, 3.05) is 20.6 Å². The van der Waals surface area contributed by atoms with Crippen molar-refractivity contribution in [2.24, 2.45) is 11.8 Å². The van der Waals surface area contributed by atoms with Crippen LogP contribution in [0.25, 0.3) is 0 Å². The van der Waals surface area contributed by atoms with Crippen molar-refractivity contribution in [3.63, 3.8) is 0 Å². The SMILES string of the molecule is C/C(=C\[C@H](C(C)C)N(C)C(=O)C(NC(=O)[C@H]1CCCCN1C)C(C)C)C(=O)OC(C)C. The van der Waals surface area contributed by atoms with E-state index in [0.717, 1.165) is 25.8 Å². The van der Waals surface area contributed by atoms with Crippen LogP contribution < -0.4 is 5.32 Å². The number of likely N-dealkylation sites (tertiary alicyclic amines) is 1. The molecule has 7 heteroatoms. The van der Waals surface area contributed by atoms with Crippen LogP contribution in [0.4, 0.5) is 0 Å². The summed E-state index contributed by atoms with van der Waals surface area (Å²) in [4.78, 5) is 42.3. The number of carbonyl (C=O) groups excluding carboxylic acids is 3. The summed E-state index contributed by atoms with van der Waals surface area (Å²) in [5.41, 5.74) is 0.473. The molecule has 0 spiro atoms. The average molecular weight is 438 g/mol. The number of amides is 2. The summed E-state index contributed by atoms with van der Waals surface area (Å²) < 4.78 is 5.28. The van der Waals surface area contributed by atoms with Crippen molar-refractivity contribution >= 4 is 17.8 Å². The van der Waals surface area contributed by atoms with Gasteiger partial charge >= 0.3 is 5.97 Å². The van der Waals surface area contributed by atoms with Gasteiger partial charge in [-0.3, -0.25) is 14.5 Å². The topological polar surface area (TPSA) is 79.0 Å². The van der Waals surface area contributed by atoms with Crippen molar-refractivity contribution in [2.45, 2.75) is 92.0 Å². The normalized spacial score (nSPS) is 20.0. The maximum absolute atomic E-state index is 13.4. The molecule has 1 saturated heterocycles. The quantitative estimate of drug-likeness (QED) is 0.443. The van der Waals surface area contributed by atoms with Crippen molar-refractivity contribution in [3.8, 4) is 0 Å². The number of likely N-dealkylation sites (N-methyl/N-ethyl adjacent to an activating group) is 2.